The summed E-state index contributed by atoms with van der Waals surface area (Å²) < 4.78 is 0.634. The first-order valence-electron chi connectivity index (χ1n) is 3.88. The second-order valence-electron chi connectivity index (χ2n) is 2.81. The summed E-state index contributed by atoms with van der Waals surface area (Å²) in [7, 11) is 0. The molecule has 0 saturated heterocycles. The number of Topliss-reactive ketones (excluding diaryl/α,β-unsaturated/α-hetero) is 1. The molecular weight excluding hydrogens is 261 g/mol. The molecule has 15 heavy (non-hydrogen) atoms. The van der Waals surface area contributed by atoms with Gasteiger partial charge in [0.05, 0.1) is 4.34 Å². The lowest BCUT2D eigenvalue weighted by atomic mass is 10.1. The van der Waals surface area contributed by atoms with Gasteiger partial charge in [-0.15, -0.1) is 11.3 Å². The van der Waals surface area contributed by atoms with E-state index in [4.69, 9.17) is 34.0 Å². The molecule has 0 bridgehead atoms. The largest absolute Gasteiger partial charge is 0.480 e. The maximum Gasteiger partial charge on any atom is 0.320 e. The Balaban J connectivity index is 2.77. The van der Waals surface area contributed by atoms with Gasteiger partial charge in [-0.2, -0.15) is 0 Å². The van der Waals surface area contributed by atoms with Crippen molar-refractivity contribution in [2.45, 2.75) is 12.5 Å². The van der Waals surface area contributed by atoms with E-state index in [-0.39, 0.29) is 16.3 Å². The fraction of sp³-hybridized carbons (Fsp3) is 0.250. The predicted octanol–water partition coefficient (Wildman–Crippen LogP) is 2.04. The van der Waals surface area contributed by atoms with Gasteiger partial charge in [0.2, 0.25) is 0 Å². The highest BCUT2D eigenvalue weighted by Gasteiger charge is 2.20. The van der Waals surface area contributed by atoms with Crippen molar-refractivity contribution in [2.75, 3.05) is 0 Å². The molecule has 4 nitrogen and oxygen atoms in total. The molecule has 3 N–H and O–H groups in total. The van der Waals surface area contributed by atoms with E-state index < -0.39 is 17.8 Å². The van der Waals surface area contributed by atoms with E-state index in [9.17, 15) is 9.59 Å². The second kappa shape index (κ2) is 4.94. The molecule has 1 heterocycles. The molecule has 0 radical (unpaired) electrons. The molecule has 0 saturated carbocycles. The number of carbonyl (C=O) groups excluding carboxylic acids is 1. The van der Waals surface area contributed by atoms with Crippen LogP contribution in [0.5, 0.6) is 0 Å². The Bertz CT molecular complexity index is 405. The lowest BCUT2D eigenvalue weighted by Gasteiger charge is -2.03. The van der Waals surface area contributed by atoms with Crippen molar-refractivity contribution in [1.82, 2.24) is 0 Å². The maximum absolute atomic E-state index is 11.5. The maximum atomic E-state index is 11.5. The molecular formula is C8H7Cl2NO3S. The summed E-state index contributed by atoms with van der Waals surface area (Å²) >= 11 is 12.4. The molecule has 7 heteroatoms. The van der Waals surface area contributed by atoms with Gasteiger partial charge in [0.1, 0.15) is 10.4 Å². The average Bonchev–Trinajstić information content (AvgIpc) is 2.44. The Hall–Kier alpha value is -0.620. The second-order valence-corrected chi connectivity index (χ2v) is 5.10. The van der Waals surface area contributed by atoms with Crippen LogP contribution in [-0.2, 0) is 4.79 Å². The summed E-state index contributed by atoms with van der Waals surface area (Å²) in [5.41, 5.74) is 5.44. The van der Waals surface area contributed by atoms with Crippen LogP contribution in [0, 0.1) is 0 Å². The molecule has 0 aliphatic rings. The first-order valence-corrected chi connectivity index (χ1v) is 5.45. The third-order valence-electron chi connectivity index (χ3n) is 1.68. The van der Waals surface area contributed by atoms with Gasteiger partial charge in [-0.3, -0.25) is 9.59 Å². The summed E-state index contributed by atoms with van der Waals surface area (Å²) in [6, 6.07) is 0.193. The lowest BCUT2D eigenvalue weighted by Crippen LogP contribution is -2.32. The van der Waals surface area contributed by atoms with Gasteiger partial charge in [-0.25, -0.2) is 0 Å². The number of thiophene rings is 1. The minimum atomic E-state index is -1.22. The predicted molar refractivity (Wildman–Crippen MR) is 58.9 cm³/mol. The number of carbonyl (C=O) groups is 2. The number of carboxylic acid groups (broad SMARTS) is 1. The van der Waals surface area contributed by atoms with Crippen LogP contribution in [0.3, 0.4) is 0 Å². The Morgan fingerprint density at radius 1 is 1.53 bits per heavy atom. The Labute approximate surface area is 99.6 Å². The van der Waals surface area contributed by atoms with Crippen molar-refractivity contribution in [1.29, 1.82) is 0 Å². The van der Waals surface area contributed by atoms with Crippen LogP contribution in [0.25, 0.3) is 0 Å². The number of aliphatic carboxylic acids is 1. The highest BCUT2D eigenvalue weighted by Crippen LogP contribution is 2.31. The van der Waals surface area contributed by atoms with Crippen LogP contribution < -0.4 is 5.73 Å². The van der Waals surface area contributed by atoms with E-state index in [1.165, 1.54) is 6.07 Å². The molecule has 0 aliphatic carbocycles. The fourth-order valence-electron chi connectivity index (χ4n) is 0.927. The number of nitrogens with two attached hydrogens (primary N) is 1. The van der Waals surface area contributed by atoms with Gasteiger partial charge < -0.3 is 10.8 Å². The number of rotatable bonds is 4. The Morgan fingerprint density at radius 2 is 2.13 bits per heavy atom. The van der Waals surface area contributed by atoms with Gasteiger partial charge >= 0.3 is 5.97 Å². The van der Waals surface area contributed by atoms with E-state index in [0.29, 0.717) is 4.34 Å². The van der Waals surface area contributed by atoms with Crippen LogP contribution in [-0.4, -0.2) is 22.9 Å². The molecule has 0 fully saturated rings. The molecule has 1 aromatic rings. The van der Waals surface area contributed by atoms with Crippen LogP contribution in [0.4, 0.5) is 0 Å². The Morgan fingerprint density at radius 3 is 2.53 bits per heavy atom. The van der Waals surface area contributed by atoms with E-state index in [1.54, 1.807) is 0 Å². The monoisotopic (exact) mass is 267 g/mol. The summed E-state index contributed by atoms with van der Waals surface area (Å²) in [6.45, 7) is 0. The summed E-state index contributed by atoms with van der Waals surface area (Å²) in [6.07, 6.45) is -0.290. The normalized spacial score (nSPS) is 12.5. The van der Waals surface area contributed by atoms with Crippen LogP contribution in [0.15, 0.2) is 6.07 Å². The fourth-order valence-corrected chi connectivity index (χ4v) is 2.43. The zero-order chi connectivity index (χ0) is 11.6. The minimum absolute atomic E-state index is 0.225. The molecule has 1 aromatic heterocycles. The van der Waals surface area contributed by atoms with Crippen molar-refractivity contribution in [3.05, 3.63) is 20.3 Å². The van der Waals surface area contributed by atoms with Crippen molar-refractivity contribution in [2.24, 2.45) is 5.73 Å². The van der Waals surface area contributed by atoms with Gasteiger partial charge in [-0.05, 0) is 6.07 Å². The van der Waals surface area contributed by atoms with Crippen molar-refractivity contribution < 1.29 is 14.7 Å². The van der Waals surface area contributed by atoms with E-state index >= 15 is 0 Å². The topological polar surface area (TPSA) is 80.4 Å². The molecule has 1 atom stereocenters. The van der Waals surface area contributed by atoms with Gasteiger partial charge in [0, 0.05) is 12.0 Å². The number of hydrogen-bond acceptors (Lipinski definition) is 4. The molecule has 0 aliphatic heterocycles. The van der Waals surface area contributed by atoms with Crippen molar-refractivity contribution in [3.8, 4) is 0 Å². The quantitative estimate of drug-likeness (QED) is 0.819. The summed E-state index contributed by atoms with van der Waals surface area (Å²) in [5, 5.41) is 8.52. The average molecular weight is 268 g/mol. The number of ketones is 1. The van der Waals surface area contributed by atoms with Crippen molar-refractivity contribution in [3.63, 3.8) is 0 Å². The first-order chi connectivity index (χ1) is 6.91. The third-order valence-corrected chi connectivity index (χ3v) is 3.17. The molecule has 1 rings (SSSR count). The number of halogens is 2. The minimum Gasteiger partial charge on any atom is -0.480 e. The van der Waals surface area contributed by atoms with Gasteiger partial charge in [0.15, 0.2) is 5.78 Å². The molecule has 0 unspecified atom stereocenters. The van der Waals surface area contributed by atoms with E-state index in [1.807, 2.05) is 0 Å². The number of hydrogen-bond donors (Lipinski definition) is 2. The third kappa shape index (κ3) is 3.17. The molecule has 0 amide bonds. The van der Waals surface area contributed by atoms with Crippen molar-refractivity contribution >= 4 is 46.3 Å². The molecule has 0 aromatic carbocycles. The Kier molecular flexibility index (Phi) is 4.10. The van der Waals surface area contributed by atoms with Gasteiger partial charge in [-0.1, -0.05) is 23.2 Å². The van der Waals surface area contributed by atoms with Crippen LogP contribution in [0.2, 0.25) is 8.67 Å². The van der Waals surface area contributed by atoms with Crippen LogP contribution in [0.1, 0.15) is 16.8 Å². The lowest BCUT2D eigenvalue weighted by molar-refractivity contribution is -0.138. The van der Waals surface area contributed by atoms with E-state index in [2.05, 4.69) is 0 Å². The summed E-state index contributed by atoms with van der Waals surface area (Å²) in [5.74, 6) is -1.64. The zero-order valence-corrected chi connectivity index (χ0v) is 9.70. The standard InChI is InChI=1S/C8H7Cl2NO3S/c9-6-1-3(7(10)15-6)5(12)2-4(11)8(13)14/h1,4H,2,11H2,(H,13,14)/t4-/m0/s1. The highest BCUT2D eigenvalue weighted by atomic mass is 35.5. The summed E-state index contributed by atoms with van der Waals surface area (Å²) in [4.78, 5) is 21.9. The van der Waals surface area contributed by atoms with E-state index in [0.717, 1.165) is 11.3 Å². The molecule has 82 valence electrons. The SMILES string of the molecule is N[C@@H](CC(=O)c1cc(Cl)sc1Cl)C(=O)O. The zero-order valence-electron chi connectivity index (χ0n) is 7.37. The van der Waals surface area contributed by atoms with Gasteiger partial charge in [0.25, 0.3) is 0 Å². The van der Waals surface area contributed by atoms with Crippen LogP contribution >= 0.6 is 34.5 Å². The first kappa shape index (κ1) is 12.4. The smallest absolute Gasteiger partial charge is 0.320 e. The highest BCUT2D eigenvalue weighted by molar-refractivity contribution is 7.20. The number of carboxylic acids is 1. The molecule has 0 spiro atoms.